The Morgan fingerprint density at radius 1 is 1.22 bits per heavy atom. The molecule has 0 spiro atoms. The summed E-state index contributed by atoms with van der Waals surface area (Å²) in [6.07, 6.45) is 13.4. The number of carbonyl (C=O) groups excluding carboxylic acids is 2. The van der Waals surface area contributed by atoms with Gasteiger partial charge in [0.15, 0.2) is 6.29 Å². The third-order valence-electron chi connectivity index (χ3n) is 8.93. The van der Waals surface area contributed by atoms with E-state index in [4.69, 9.17) is 19.8 Å². The van der Waals surface area contributed by atoms with Gasteiger partial charge < -0.3 is 15.4 Å². The lowest BCUT2D eigenvalue weighted by Gasteiger charge is -2.35. The van der Waals surface area contributed by atoms with E-state index in [2.05, 4.69) is 43.4 Å². The number of amides is 1. The minimum absolute atomic E-state index is 0.0456. The molecule has 0 bridgehead atoms. The monoisotopic (exact) mass is 624 g/mol. The van der Waals surface area contributed by atoms with Crippen molar-refractivity contribution < 1.29 is 14.3 Å². The maximum Gasteiger partial charge on any atom is 0.251 e. The van der Waals surface area contributed by atoms with Crippen LogP contribution in [0.4, 0.5) is 0 Å². The number of aldehydes is 1. The van der Waals surface area contributed by atoms with Crippen molar-refractivity contribution in [3.63, 3.8) is 0 Å². The molecular formula is C34H56N8O3. The zero-order chi connectivity index (χ0) is 33.0. The molecule has 2 aliphatic rings. The fourth-order valence-corrected chi connectivity index (χ4v) is 6.07. The Balaban J connectivity index is 0.000000475. The van der Waals surface area contributed by atoms with Crippen LogP contribution >= 0.6 is 0 Å². The van der Waals surface area contributed by atoms with Gasteiger partial charge in [-0.3, -0.25) is 14.3 Å². The second-order valence-electron chi connectivity index (χ2n) is 12.8. The fourth-order valence-electron chi connectivity index (χ4n) is 6.07. The second-order valence-corrected chi connectivity index (χ2v) is 12.8. The Morgan fingerprint density at radius 3 is 2.60 bits per heavy atom. The third-order valence-corrected chi connectivity index (χ3v) is 8.93. The summed E-state index contributed by atoms with van der Waals surface area (Å²) in [6, 6.07) is 1.84. The van der Waals surface area contributed by atoms with Crippen LogP contribution in [0.5, 0.6) is 0 Å². The molecule has 3 aromatic rings. The first-order valence-corrected chi connectivity index (χ1v) is 16.9. The number of rotatable bonds is 11. The van der Waals surface area contributed by atoms with Gasteiger partial charge in [-0.2, -0.15) is 10.2 Å². The second kappa shape index (κ2) is 17.5. The molecule has 3 aromatic heterocycles. The molecule has 2 saturated heterocycles. The number of fused-ring (bicyclic) bond motifs is 1. The van der Waals surface area contributed by atoms with Crippen LogP contribution in [0.25, 0.3) is 5.78 Å². The number of imidazole rings is 1. The van der Waals surface area contributed by atoms with Crippen LogP contribution in [-0.2, 0) is 23.0 Å². The summed E-state index contributed by atoms with van der Waals surface area (Å²) < 4.78 is 9.34. The molecule has 1 amide bonds. The Labute approximate surface area is 269 Å². The van der Waals surface area contributed by atoms with Gasteiger partial charge in [0.2, 0.25) is 5.91 Å². The highest BCUT2D eigenvalue weighted by Gasteiger charge is 2.34. The van der Waals surface area contributed by atoms with Crippen LogP contribution in [0.15, 0.2) is 18.5 Å². The molecule has 2 fully saturated rings. The Hall–Kier alpha value is -3.18. The van der Waals surface area contributed by atoms with Crippen LogP contribution in [0.1, 0.15) is 132 Å². The predicted molar refractivity (Wildman–Crippen MR) is 177 cm³/mol. The molecule has 0 saturated carbocycles. The fraction of sp³-hybridized carbons (Fsp3) is 0.706. The number of nitrogens with one attached hydrogen (secondary N) is 2. The zero-order valence-electron chi connectivity index (χ0n) is 28.8. The maximum absolute atomic E-state index is 12.5. The Kier molecular flexibility index (Phi) is 14.1. The van der Waals surface area contributed by atoms with Crippen molar-refractivity contribution in [2.45, 2.75) is 117 Å². The Bertz CT molecular complexity index is 1350. The van der Waals surface area contributed by atoms with E-state index in [9.17, 15) is 9.59 Å². The molecule has 5 rings (SSSR count). The Morgan fingerprint density at radius 2 is 2.00 bits per heavy atom. The molecular weight excluding hydrogens is 568 g/mol. The van der Waals surface area contributed by atoms with Gasteiger partial charge in [0, 0.05) is 44.7 Å². The molecule has 4 atom stereocenters. The zero-order valence-corrected chi connectivity index (χ0v) is 28.8. The molecule has 5 heterocycles. The minimum atomic E-state index is -0.191. The number of piperidine rings is 1. The van der Waals surface area contributed by atoms with Crippen molar-refractivity contribution >= 4 is 18.0 Å². The largest absolute Gasteiger partial charge is 0.376 e. The average molecular weight is 625 g/mol. The number of nitrogens with zero attached hydrogens (tertiary/aromatic N) is 6. The smallest absolute Gasteiger partial charge is 0.251 e. The van der Waals surface area contributed by atoms with Gasteiger partial charge in [0.25, 0.3) is 5.78 Å². The number of hydrogen-bond donors (Lipinski definition) is 2. The van der Waals surface area contributed by atoms with E-state index in [1.807, 2.05) is 31.6 Å². The summed E-state index contributed by atoms with van der Waals surface area (Å²) in [6.45, 7) is 14.3. The first-order valence-electron chi connectivity index (χ1n) is 16.9. The van der Waals surface area contributed by atoms with Crippen molar-refractivity contribution in [2.75, 3.05) is 20.2 Å². The lowest BCUT2D eigenvalue weighted by molar-refractivity contribution is -0.126. The third kappa shape index (κ3) is 10.2. The standard InChI is InChI=1S/C27H44N6O2.C5H6N2O.C2H6/c1-6-18(2)9-7-11-21(28-5)23-17-33-26(30-23)31-24(20-12-14-35-27(3,4)16-20)22(32-33)15-19-10-8-13-29-25(19)34;1-7-5(4-8)2-3-6-7;1-2/h17-21,28H,6-16H2,1-5H3,(H,29,34);2-4H,1H3;1-2H3/t18?,19-,20?,21?;;/m1../s1. The lowest BCUT2D eigenvalue weighted by Crippen LogP contribution is -2.38. The van der Waals surface area contributed by atoms with Crippen LogP contribution in [0.3, 0.4) is 0 Å². The molecule has 2 aliphatic heterocycles. The number of aromatic nitrogens is 6. The summed E-state index contributed by atoms with van der Waals surface area (Å²) in [5.41, 5.74) is 3.34. The van der Waals surface area contributed by atoms with E-state index in [1.54, 1.807) is 19.3 Å². The molecule has 0 aliphatic carbocycles. The summed E-state index contributed by atoms with van der Waals surface area (Å²) in [4.78, 5) is 32.6. The highest BCUT2D eigenvalue weighted by atomic mass is 16.5. The van der Waals surface area contributed by atoms with Gasteiger partial charge in [-0.25, -0.2) is 14.5 Å². The van der Waals surface area contributed by atoms with Gasteiger partial charge in [-0.05, 0) is 65.0 Å². The predicted octanol–water partition coefficient (Wildman–Crippen LogP) is 5.60. The molecule has 2 N–H and O–H groups in total. The van der Waals surface area contributed by atoms with Crippen LogP contribution in [0, 0.1) is 11.8 Å². The average Bonchev–Trinajstić information content (AvgIpc) is 3.65. The topological polar surface area (TPSA) is 128 Å². The van der Waals surface area contributed by atoms with Crippen molar-refractivity contribution in [1.82, 2.24) is 40.0 Å². The van der Waals surface area contributed by atoms with Crippen molar-refractivity contribution in [3.05, 3.63) is 41.2 Å². The van der Waals surface area contributed by atoms with Gasteiger partial charge >= 0.3 is 0 Å². The summed E-state index contributed by atoms with van der Waals surface area (Å²) in [5.74, 6) is 1.75. The normalized spacial score (nSPS) is 20.7. The number of carbonyl (C=O) groups is 2. The number of hydrogen-bond acceptors (Lipinski definition) is 8. The molecule has 3 unspecified atom stereocenters. The van der Waals surface area contributed by atoms with Crippen molar-refractivity contribution in [3.8, 4) is 0 Å². The minimum Gasteiger partial charge on any atom is -0.376 e. The molecule has 0 radical (unpaired) electrons. The van der Waals surface area contributed by atoms with Crippen LogP contribution in [0.2, 0.25) is 0 Å². The van der Waals surface area contributed by atoms with Gasteiger partial charge in [0.05, 0.1) is 34.9 Å². The first-order chi connectivity index (χ1) is 21.6. The van der Waals surface area contributed by atoms with E-state index in [0.717, 1.165) is 67.9 Å². The first kappa shape index (κ1) is 36.3. The van der Waals surface area contributed by atoms with Crippen molar-refractivity contribution in [2.24, 2.45) is 18.9 Å². The van der Waals surface area contributed by atoms with Gasteiger partial charge in [-0.15, -0.1) is 0 Å². The van der Waals surface area contributed by atoms with E-state index in [0.29, 0.717) is 24.5 Å². The molecule has 0 aromatic carbocycles. The van der Waals surface area contributed by atoms with E-state index >= 15 is 0 Å². The lowest BCUT2D eigenvalue weighted by atomic mass is 9.83. The number of ether oxygens (including phenoxy) is 1. The highest BCUT2D eigenvalue weighted by molar-refractivity contribution is 5.79. The molecule has 250 valence electrons. The van der Waals surface area contributed by atoms with E-state index < -0.39 is 0 Å². The van der Waals surface area contributed by atoms with Gasteiger partial charge in [-0.1, -0.05) is 47.0 Å². The summed E-state index contributed by atoms with van der Waals surface area (Å²) in [5, 5.41) is 15.3. The number of aryl methyl sites for hydroxylation is 1. The SMILES string of the molecule is CC.CCC(C)CCCC(NC)c1cn2nc(C[C@H]3CCCNC3=O)c(C3CCOC(C)(C)C3)nc2n1.Cn1nccc1C=O. The van der Waals surface area contributed by atoms with Crippen molar-refractivity contribution in [1.29, 1.82) is 0 Å². The quantitative estimate of drug-likeness (QED) is 0.264. The van der Waals surface area contributed by atoms with Crippen LogP contribution < -0.4 is 10.6 Å². The molecule has 11 heteroatoms. The molecule has 45 heavy (non-hydrogen) atoms. The van der Waals surface area contributed by atoms with Crippen LogP contribution in [-0.4, -0.2) is 67.4 Å². The van der Waals surface area contributed by atoms with Gasteiger partial charge in [0.1, 0.15) is 5.69 Å². The highest BCUT2D eigenvalue weighted by Crippen LogP contribution is 2.37. The summed E-state index contributed by atoms with van der Waals surface area (Å²) in [7, 11) is 3.73. The van der Waals surface area contributed by atoms with E-state index in [1.165, 1.54) is 23.9 Å². The molecule has 11 nitrogen and oxygen atoms in total. The maximum atomic E-state index is 12.5. The summed E-state index contributed by atoms with van der Waals surface area (Å²) >= 11 is 0. The van der Waals surface area contributed by atoms with E-state index in [-0.39, 0.29) is 29.4 Å².